The Bertz CT molecular complexity index is 372. The van der Waals surface area contributed by atoms with Crippen LogP contribution in [0.3, 0.4) is 0 Å². The first-order chi connectivity index (χ1) is 5.54. The van der Waals surface area contributed by atoms with E-state index in [-0.39, 0.29) is 4.90 Å². The monoisotopic (exact) mass is 203 g/mol. The normalized spacial score (nSPS) is 12.5. The zero-order chi connectivity index (χ0) is 9.19. The summed E-state index contributed by atoms with van der Waals surface area (Å²) in [6.07, 6.45) is 0. The lowest BCUT2D eigenvalue weighted by Crippen LogP contribution is -2.02. The van der Waals surface area contributed by atoms with Crippen LogP contribution in [0.4, 0.5) is 0 Å². The van der Waals surface area contributed by atoms with Crippen LogP contribution in [0.15, 0.2) is 29.2 Å². The van der Waals surface area contributed by atoms with Gasteiger partial charge < -0.3 is 4.55 Å². The quantitative estimate of drug-likeness (QED) is 0.520. The molecule has 0 aromatic heterocycles. The Kier molecular flexibility index (Phi) is 2.83. The Balaban J connectivity index is 3.20. The van der Waals surface area contributed by atoms with Crippen LogP contribution in [0, 0.1) is 0 Å². The van der Waals surface area contributed by atoms with Crippen molar-refractivity contribution in [2.24, 2.45) is 0 Å². The fraction of sp³-hybridized carbons (Fsp3) is 0.143. The molecule has 0 bridgehead atoms. The van der Waals surface area contributed by atoms with Gasteiger partial charge in [0.2, 0.25) is 0 Å². The van der Waals surface area contributed by atoms with Gasteiger partial charge in [-0.25, -0.2) is 8.42 Å². The lowest BCUT2D eigenvalue weighted by atomic mass is 10.4. The molecule has 0 fully saturated rings. The van der Waals surface area contributed by atoms with Gasteiger partial charge in [0, 0.05) is 0 Å². The Morgan fingerprint density at radius 3 is 2.58 bits per heavy atom. The van der Waals surface area contributed by atoms with E-state index in [9.17, 15) is 13.0 Å². The van der Waals surface area contributed by atoms with Crippen molar-refractivity contribution in [3.05, 3.63) is 24.3 Å². The van der Waals surface area contributed by atoms with Crippen LogP contribution in [0.1, 0.15) is 0 Å². The molecule has 5 heteroatoms. The fourth-order valence-electron chi connectivity index (χ4n) is 0.807. The fourth-order valence-corrected chi connectivity index (χ4v) is 1.99. The Labute approximate surface area is 73.3 Å². The molecule has 0 radical (unpaired) electrons. The van der Waals surface area contributed by atoms with Gasteiger partial charge in [0.05, 0.1) is 4.90 Å². The molecular formula is C7H8O3PS-. The third kappa shape index (κ3) is 2.27. The Hall–Kier alpha value is -0.440. The van der Waals surface area contributed by atoms with Crippen molar-refractivity contribution in [1.29, 1.82) is 0 Å². The van der Waals surface area contributed by atoms with E-state index >= 15 is 0 Å². The number of rotatable bonds is 2. The first-order valence-corrected chi connectivity index (χ1v) is 6.18. The summed E-state index contributed by atoms with van der Waals surface area (Å²) in [5.74, 6) is 0. The Morgan fingerprint density at radius 2 is 2.08 bits per heavy atom. The van der Waals surface area contributed by atoms with Crippen molar-refractivity contribution in [3.63, 3.8) is 0 Å². The highest BCUT2D eigenvalue weighted by atomic mass is 32.2. The number of benzene rings is 1. The van der Waals surface area contributed by atoms with Crippen LogP contribution in [-0.4, -0.2) is 19.6 Å². The summed E-state index contributed by atoms with van der Waals surface area (Å²) >= 11 is 0. The van der Waals surface area contributed by atoms with E-state index in [1.165, 1.54) is 12.1 Å². The van der Waals surface area contributed by atoms with Gasteiger partial charge in [-0.2, -0.15) is 0 Å². The summed E-state index contributed by atoms with van der Waals surface area (Å²) < 4.78 is 31.6. The molecule has 0 N–H and O–H groups in total. The largest absolute Gasteiger partial charge is 0.744 e. The summed E-state index contributed by atoms with van der Waals surface area (Å²) in [5.41, 5.74) is 0. The summed E-state index contributed by atoms with van der Waals surface area (Å²) in [6.45, 7) is 1.93. The molecule has 0 aliphatic carbocycles. The van der Waals surface area contributed by atoms with Gasteiger partial charge in [0.1, 0.15) is 10.1 Å². The minimum Gasteiger partial charge on any atom is -0.744 e. The van der Waals surface area contributed by atoms with Gasteiger partial charge in [-0.1, -0.05) is 20.7 Å². The maximum atomic E-state index is 10.5. The minimum atomic E-state index is -4.28. The number of hydrogen-bond acceptors (Lipinski definition) is 3. The highest BCUT2D eigenvalue weighted by Gasteiger charge is 2.00. The zero-order valence-corrected chi connectivity index (χ0v) is 8.26. The summed E-state index contributed by atoms with van der Waals surface area (Å²) in [5, 5.41) is 0.881. The summed E-state index contributed by atoms with van der Waals surface area (Å²) in [7, 11) is -3.78. The van der Waals surface area contributed by atoms with Gasteiger partial charge in [-0.05, 0) is 24.1 Å². The van der Waals surface area contributed by atoms with E-state index in [2.05, 4.69) is 0 Å². The zero-order valence-electron chi connectivity index (χ0n) is 6.44. The topological polar surface area (TPSA) is 57.2 Å². The van der Waals surface area contributed by atoms with Crippen molar-refractivity contribution in [3.8, 4) is 0 Å². The van der Waals surface area contributed by atoms with Crippen LogP contribution in [0.2, 0.25) is 0 Å². The lowest BCUT2D eigenvalue weighted by molar-refractivity contribution is 0.463. The average molecular weight is 203 g/mol. The molecule has 1 rings (SSSR count). The van der Waals surface area contributed by atoms with Gasteiger partial charge in [0.15, 0.2) is 0 Å². The molecule has 1 aromatic carbocycles. The third-order valence-corrected chi connectivity index (χ3v) is 3.13. The lowest BCUT2D eigenvalue weighted by Gasteiger charge is -2.07. The van der Waals surface area contributed by atoms with E-state index in [1.807, 2.05) is 6.66 Å². The van der Waals surface area contributed by atoms with Gasteiger partial charge in [-0.3, -0.25) is 0 Å². The second-order valence-electron chi connectivity index (χ2n) is 2.23. The standard InChI is InChI=1S/C7H9O3PS/c1-11-6-3-2-4-7(5-6)12(8,9)10/h2-5,11H,1H3,(H,8,9,10)/p-1. The third-order valence-electron chi connectivity index (χ3n) is 1.41. The maximum absolute atomic E-state index is 10.5. The van der Waals surface area contributed by atoms with Crippen molar-refractivity contribution in [2.45, 2.75) is 4.90 Å². The molecule has 0 aliphatic rings. The average Bonchev–Trinajstić information content (AvgIpc) is 2.03. The predicted molar refractivity (Wildman–Crippen MR) is 48.3 cm³/mol. The van der Waals surface area contributed by atoms with Crippen LogP contribution < -0.4 is 5.30 Å². The highest BCUT2D eigenvalue weighted by Crippen LogP contribution is 2.10. The van der Waals surface area contributed by atoms with Crippen molar-refractivity contribution in [2.75, 3.05) is 6.66 Å². The molecule has 0 heterocycles. The first kappa shape index (κ1) is 9.65. The van der Waals surface area contributed by atoms with E-state index < -0.39 is 10.1 Å². The van der Waals surface area contributed by atoms with Crippen molar-refractivity contribution in [1.82, 2.24) is 0 Å². The van der Waals surface area contributed by atoms with Crippen LogP contribution in [-0.2, 0) is 10.1 Å². The van der Waals surface area contributed by atoms with Crippen LogP contribution in [0.5, 0.6) is 0 Å². The number of hydrogen-bond donors (Lipinski definition) is 0. The molecule has 1 atom stereocenters. The molecular weight excluding hydrogens is 195 g/mol. The summed E-state index contributed by atoms with van der Waals surface area (Å²) in [4.78, 5) is -0.144. The molecule has 12 heavy (non-hydrogen) atoms. The van der Waals surface area contributed by atoms with Crippen LogP contribution >= 0.6 is 8.58 Å². The molecule has 0 aliphatic heterocycles. The smallest absolute Gasteiger partial charge is 0.124 e. The molecule has 66 valence electrons. The van der Waals surface area contributed by atoms with E-state index in [1.54, 1.807) is 12.1 Å². The summed E-state index contributed by atoms with van der Waals surface area (Å²) in [6, 6.07) is 6.11. The molecule has 3 nitrogen and oxygen atoms in total. The molecule has 1 aromatic rings. The molecule has 1 unspecified atom stereocenters. The van der Waals surface area contributed by atoms with Crippen molar-refractivity contribution >= 4 is 24.0 Å². The van der Waals surface area contributed by atoms with Gasteiger partial charge in [0.25, 0.3) is 0 Å². The second kappa shape index (κ2) is 3.52. The predicted octanol–water partition coefficient (Wildman–Crippen LogP) is 0.524. The molecule has 0 saturated heterocycles. The van der Waals surface area contributed by atoms with Crippen molar-refractivity contribution < 1.29 is 13.0 Å². The van der Waals surface area contributed by atoms with E-state index in [0.29, 0.717) is 8.58 Å². The van der Waals surface area contributed by atoms with Gasteiger partial charge in [-0.15, -0.1) is 0 Å². The van der Waals surface area contributed by atoms with Crippen LogP contribution in [0.25, 0.3) is 0 Å². The van der Waals surface area contributed by atoms with Gasteiger partial charge >= 0.3 is 0 Å². The molecule has 0 saturated carbocycles. The molecule has 0 amide bonds. The highest BCUT2D eigenvalue weighted by molar-refractivity contribution is 7.85. The van der Waals surface area contributed by atoms with E-state index in [0.717, 1.165) is 5.30 Å². The maximum Gasteiger partial charge on any atom is 0.124 e. The SMILES string of the molecule is CPc1cccc(S(=O)(=O)[O-])c1. The second-order valence-corrected chi connectivity index (χ2v) is 4.69. The molecule has 0 spiro atoms. The minimum absolute atomic E-state index is 0.144. The van der Waals surface area contributed by atoms with E-state index in [4.69, 9.17) is 0 Å². The Morgan fingerprint density at radius 1 is 1.42 bits per heavy atom. The first-order valence-electron chi connectivity index (χ1n) is 3.28.